The zero-order valence-corrected chi connectivity index (χ0v) is 17.2. The highest BCUT2D eigenvalue weighted by atomic mass is 32.1. The third-order valence-corrected chi connectivity index (χ3v) is 6.52. The van der Waals surface area contributed by atoms with E-state index in [1.54, 1.807) is 11.3 Å². The molecule has 5 heteroatoms. The minimum atomic E-state index is 0.696. The highest BCUT2D eigenvalue weighted by Crippen LogP contribution is 2.33. The standard InChI is InChI=1S/C24H24N4S/c1-2-4-18(5-3-1)19-6-8-20(9-7-19)22-11-10-21(15-25-22)24-26-23(27-28-24)14-17-12-13-29-16-17/h6-13,15-16,18H,1-5,14H2,(H,26,27,28). The van der Waals surface area contributed by atoms with Crippen LogP contribution in [0.1, 0.15) is 55.0 Å². The lowest BCUT2D eigenvalue weighted by Crippen LogP contribution is -2.04. The normalized spacial score (nSPS) is 14.9. The molecule has 1 saturated carbocycles. The van der Waals surface area contributed by atoms with Crippen LogP contribution in [0.4, 0.5) is 0 Å². The second kappa shape index (κ2) is 8.29. The summed E-state index contributed by atoms with van der Waals surface area (Å²) in [6.07, 6.45) is 9.43. The molecule has 3 aromatic heterocycles. The van der Waals surface area contributed by atoms with Crippen molar-refractivity contribution in [3.05, 3.63) is 76.4 Å². The Labute approximate surface area is 175 Å². The van der Waals surface area contributed by atoms with Crippen molar-refractivity contribution in [2.45, 2.75) is 44.4 Å². The van der Waals surface area contributed by atoms with Crippen molar-refractivity contribution in [1.29, 1.82) is 0 Å². The number of benzene rings is 1. The number of rotatable bonds is 5. The van der Waals surface area contributed by atoms with E-state index in [0.717, 1.165) is 35.0 Å². The smallest absolute Gasteiger partial charge is 0.182 e. The van der Waals surface area contributed by atoms with Crippen LogP contribution in [0.2, 0.25) is 0 Å². The fraction of sp³-hybridized carbons (Fsp3) is 0.292. The van der Waals surface area contributed by atoms with E-state index in [4.69, 9.17) is 0 Å². The molecular formula is C24H24N4S. The first-order chi connectivity index (χ1) is 14.3. The van der Waals surface area contributed by atoms with Crippen molar-refractivity contribution in [3.8, 4) is 22.6 Å². The van der Waals surface area contributed by atoms with Crippen LogP contribution in [0, 0.1) is 0 Å². The molecule has 3 heterocycles. The van der Waals surface area contributed by atoms with Gasteiger partial charge < -0.3 is 0 Å². The Kier molecular flexibility index (Phi) is 5.22. The number of pyridine rings is 1. The van der Waals surface area contributed by atoms with Crippen LogP contribution >= 0.6 is 11.3 Å². The lowest BCUT2D eigenvalue weighted by atomic mass is 9.84. The van der Waals surface area contributed by atoms with E-state index in [1.165, 1.54) is 43.2 Å². The first-order valence-corrected chi connectivity index (χ1v) is 11.3. The maximum atomic E-state index is 4.66. The molecular weight excluding hydrogens is 376 g/mol. The van der Waals surface area contributed by atoms with Crippen molar-refractivity contribution in [1.82, 2.24) is 20.2 Å². The first kappa shape index (κ1) is 18.3. The Morgan fingerprint density at radius 3 is 2.48 bits per heavy atom. The van der Waals surface area contributed by atoms with Gasteiger partial charge in [-0.1, -0.05) is 43.5 Å². The Bertz CT molecular complexity index is 1040. The average Bonchev–Trinajstić information content (AvgIpc) is 3.47. The number of hydrogen-bond donors (Lipinski definition) is 1. The van der Waals surface area contributed by atoms with Crippen molar-refractivity contribution >= 4 is 11.3 Å². The lowest BCUT2D eigenvalue weighted by Gasteiger charge is -2.22. The molecule has 5 rings (SSSR count). The summed E-state index contributed by atoms with van der Waals surface area (Å²) in [5, 5.41) is 11.6. The molecule has 0 bridgehead atoms. The van der Waals surface area contributed by atoms with Crippen LogP contribution in [-0.2, 0) is 6.42 Å². The molecule has 1 aliphatic carbocycles. The quantitative estimate of drug-likeness (QED) is 0.432. The molecule has 0 spiro atoms. The third-order valence-electron chi connectivity index (χ3n) is 5.79. The van der Waals surface area contributed by atoms with Gasteiger partial charge in [-0.15, -0.1) is 0 Å². The van der Waals surface area contributed by atoms with Gasteiger partial charge in [-0.2, -0.15) is 16.4 Å². The number of aromatic amines is 1. The minimum Gasteiger partial charge on any atom is -0.262 e. The summed E-state index contributed by atoms with van der Waals surface area (Å²) in [6.45, 7) is 0. The SMILES string of the molecule is c1cc(Cc2nc(-c3ccc(-c4ccc(C5CCCCC5)cc4)nc3)n[nH]2)cs1. The van der Waals surface area contributed by atoms with Gasteiger partial charge in [0.1, 0.15) is 5.82 Å². The second-order valence-electron chi connectivity index (χ2n) is 7.80. The molecule has 0 radical (unpaired) electrons. The number of thiophene rings is 1. The van der Waals surface area contributed by atoms with E-state index in [9.17, 15) is 0 Å². The molecule has 146 valence electrons. The fourth-order valence-corrected chi connectivity index (χ4v) is 4.82. The summed E-state index contributed by atoms with van der Waals surface area (Å²) < 4.78 is 0. The predicted octanol–water partition coefficient (Wildman–Crippen LogP) is 6.23. The second-order valence-corrected chi connectivity index (χ2v) is 8.58. The van der Waals surface area contributed by atoms with Gasteiger partial charge in [0.2, 0.25) is 0 Å². The van der Waals surface area contributed by atoms with Crippen molar-refractivity contribution in [2.75, 3.05) is 0 Å². The molecule has 1 aromatic carbocycles. The fourth-order valence-electron chi connectivity index (χ4n) is 4.15. The molecule has 0 unspecified atom stereocenters. The molecule has 0 atom stereocenters. The highest BCUT2D eigenvalue weighted by Gasteiger charge is 2.15. The Morgan fingerprint density at radius 1 is 0.931 bits per heavy atom. The average molecular weight is 401 g/mol. The van der Waals surface area contributed by atoms with Crippen molar-refractivity contribution in [3.63, 3.8) is 0 Å². The number of nitrogens with one attached hydrogen (secondary N) is 1. The molecule has 4 nitrogen and oxygen atoms in total. The third kappa shape index (κ3) is 4.15. The van der Waals surface area contributed by atoms with Crippen LogP contribution in [0.15, 0.2) is 59.4 Å². The van der Waals surface area contributed by atoms with Gasteiger partial charge in [-0.25, -0.2) is 4.98 Å². The highest BCUT2D eigenvalue weighted by molar-refractivity contribution is 7.07. The molecule has 0 aliphatic heterocycles. The van der Waals surface area contributed by atoms with Gasteiger partial charge >= 0.3 is 0 Å². The van der Waals surface area contributed by atoms with Crippen LogP contribution in [0.3, 0.4) is 0 Å². The van der Waals surface area contributed by atoms with Gasteiger partial charge in [-0.3, -0.25) is 10.1 Å². The number of aromatic nitrogens is 4. The molecule has 0 amide bonds. The van der Waals surface area contributed by atoms with E-state index in [0.29, 0.717) is 5.82 Å². The van der Waals surface area contributed by atoms with E-state index in [-0.39, 0.29) is 0 Å². The van der Waals surface area contributed by atoms with E-state index >= 15 is 0 Å². The summed E-state index contributed by atoms with van der Waals surface area (Å²) in [5.74, 6) is 2.31. The predicted molar refractivity (Wildman–Crippen MR) is 118 cm³/mol. The number of nitrogens with zero attached hydrogens (tertiary/aromatic N) is 3. The summed E-state index contributed by atoms with van der Waals surface area (Å²) in [7, 11) is 0. The Hall–Kier alpha value is -2.79. The number of hydrogen-bond acceptors (Lipinski definition) is 4. The van der Waals surface area contributed by atoms with Gasteiger partial charge in [0, 0.05) is 23.7 Å². The topological polar surface area (TPSA) is 54.5 Å². The molecule has 1 N–H and O–H groups in total. The van der Waals surface area contributed by atoms with E-state index < -0.39 is 0 Å². The van der Waals surface area contributed by atoms with Crippen LogP contribution < -0.4 is 0 Å². The first-order valence-electron chi connectivity index (χ1n) is 10.3. The van der Waals surface area contributed by atoms with Gasteiger partial charge in [0.05, 0.1) is 5.69 Å². The Morgan fingerprint density at radius 2 is 1.76 bits per heavy atom. The lowest BCUT2D eigenvalue weighted by molar-refractivity contribution is 0.443. The van der Waals surface area contributed by atoms with Gasteiger partial charge in [0.25, 0.3) is 0 Å². The summed E-state index contributed by atoms with van der Waals surface area (Å²) in [6, 6.07) is 15.2. The maximum Gasteiger partial charge on any atom is 0.182 e. The van der Waals surface area contributed by atoms with Crippen LogP contribution in [0.25, 0.3) is 22.6 Å². The largest absolute Gasteiger partial charge is 0.262 e. The minimum absolute atomic E-state index is 0.696. The van der Waals surface area contributed by atoms with Crippen molar-refractivity contribution in [2.24, 2.45) is 0 Å². The summed E-state index contributed by atoms with van der Waals surface area (Å²) in [4.78, 5) is 9.28. The summed E-state index contributed by atoms with van der Waals surface area (Å²) in [5.41, 5.74) is 5.80. The molecule has 1 fully saturated rings. The van der Waals surface area contributed by atoms with Crippen molar-refractivity contribution < 1.29 is 0 Å². The molecule has 4 aromatic rings. The molecule has 29 heavy (non-hydrogen) atoms. The summed E-state index contributed by atoms with van der Waals surface area (Å²) >= 11 is 1.70. The van der Waals surface area contributed by atoms with Gasteiger partial charge in [-0.05, 0) is 58.8 Å². The zero-order chi connectivity index (χ0) is 19.5. The van der Waals surface area contributed by atoms with Crippen LogP contribution in [-0.4, -0.2) is 20.2 Å². The van der Waals surface area contributed by atoms with Crippen LogP contribution in [0.5, 0.6) is 0 Å². The molecule has 0 saturated heterocycles. The monoisotopic (exact) mass is 400 g/mol. The zero-order valence-electron chi connectivity index (χ0n) is 16.3. The van der Waals surface area contributed by atoms with E-state index in [1.807, 2.05) is 6.20 Å². The Balaban J connectivity index is 1.29. The van der Waals surface area contributed by atoms with E-state index in [2.05, 4.69) is 73.4 Å². The molecule has 1 aliphatic rings. The van der Waals surface area contributed by atoms with Gasteiger partial charge in [0.15, 0.2) is 5.82 Å². The maximum absolute atomic E-state index is 4.66. The number of H-pyrrole nitrogens is 1.